The predicted octanol–water partition coefficient (Wildman–Crippen LogP) is 5.02. The SMILES string of the molecule is COc1ccc([N+](=O)[O-])cc1NC(=O)Cc1c(-c2ccc(C)c(C)c2)nc2cc(C)ccn12. The second-order valence-electron chi connectivity index (χ2n) is 8.01. The molecule has 168 valence electrons. The van der Waals surface area contributed by atoms with E-state index in [1.165, 1.54) is 30.9 Å². The first-order chi connectivity index (χ1) is 15.8. The number of non-ortho nitro benzene ring substituents is 1. The van der Waals surface area contributed by atoms with Crippen LogP contribution in [-0.2, 0) is 11.2 Å². The average molecular weight is 444 g/mol. The molecule has 0 aliphatic rings. The number of ether oxygens (including phenoxy) is 1. The molecule has 2 aromatic heterocycles. The third-order valence-electron chi connectivity index (χ3n) is 5.66. The molecule has 0 atom stereocenters. The third-order valence-corrected chi connectivity index (χ3v) is 5.66. The number of hydrogen-bond acceptors (Lipinski definition) is 5. The van der Waals surface area contributed by atoms with Crippen LogP contribution < -0.4 is 10.1 Å². The lowest BCUT2D eigenvalue weighted by molar-refractivity contribution is -0.384. The van der Waals surface area contributed by atoms with E-state index in [4.69, 9.17) is 9.72 Å². The molecule has 8 heteroatoms. The maximum atomic E-state index is 13.1. The summed E-state index contributed by atoms with van der Waals surface area (Å²) in [4.78, 5) is 28.5. The van der Waals surface area contributed by atoms with Gasteiger partial charge >= 0.3 is 0 Å². The highest BCUT2D eigenvalue weighted by Crippen LogP contribution is 2.30. The molecule has 0 radical (unpaired) electrons. The largest absolute Gasteiger partial charge is 0.495 e. The monoisotopic (exact) mass is 444 g/mol. The van der Waals surface area contributed by atoms with Crippen molar-refractivity contribution in [2.75, 3.05) is 12.4 Å². The summed E-state index contributed by atoms with van der Waals surface area (Å²) in [7, 11) is 1.45. The molecule has 0 fully saturated rings. The first kappa shape index (κ1) is 22.0. The zero-order chi connectivity index (χ0) is 23.7. The van der Waals surface area contributed by atoms with E-state index < -0.39 is 4.92 Å². The van der Waals surface area contributed by atoms with Gasteiger partial charge in [-0.2, -0.15) is 0 Å². The first-order valence-electron chi connectivity index (χ1n) is 10.4. The van der Waals surface area contributed by atoms with Crippen molar-refractivity contribution >= 4 is 22.9 Å². The topological polar surface area (TPSA) is 98.8 Å². The Labute approximate surface area is 191 Å². The van der Waals surface area contributed by atoms with Gasteiger partial charge in [0.25, 0.3) is 5.69 Å². The lowest BCUT2D eigenvalue weighted by Crippen LogP contribution is -2.16. The van der Waals surface area contributed by atoms with Crippen LogP contribution in [0.4, 0.5) is 11.4 Å². The minimum absolute atomic E-state index is 0.0261. The number of rotatable bonds is 6. The summed E-state index contributed by atoms with van der Waals surface area (Å²) in [6.45, 7) is 6.08. The Morgan fingerprint density at radius 2 is 1.88 bits per heavy atom. The Morgan fingerprint density at radius 3 is 2.58 bits per heavy atom. The number of nitro benzene ring substituents is 1. The highest BCUT2D eigenvalue weighted by molar-refractivity contribution is 5.95. The summed E-state index contributed by atoms with van der Waals surface area (Å²) in [6, 6.07) is 14.1. The van der Waals surface area contributed by atoms with E-state index in [1.54, 1.807) is 0 Å². The molecule has 4 aromatic rings. The Morgan fingerprint density at radius 1 is 1.09 bits per heavy atom. The van der Waals surface area contributed by atoms with Crippen molar-refractivity contribution in [3.63, 3.8) is 0 Å². The van der Waals surface area contributed by atoms with Crippen molar-refractivity contribution in [2.24, 2.45) is 0 Å². The number of methoxy groups -OCH3 is 1. The van der Waals surface area contributed by atoms with Crippen LogP contribution >= 0.6 is 0 Å². The van der Waals surface area contributed by atoms with Crippen LogP contribution in [0.1, 0.15) is 22.4 Å². The number of aryl methyl sites for hydroxylation is 3. The highest BCUT2D eigenvalue weighted by Gasteiger charge is 2.20. The molecule has 2 aromatic carbocycles. The van der Waals surface area contributed by atoms with Gasteiger partial charge in [0.2, 0.25) is 5.91 Å². The van der Waals surface area contributed by atoms with E-state index in [1.807, 2.05) is 55.6 Å². The molecule has 0 saturated heterocycles. The van der Waals surface area contributed by atoms with Crippen LogP contribution in [0, 0.1) is 30.9 Å². The van der Waals surface area contributed by atoms with Gasteiger partial charge in [-0.15, -0.1) is 0 Å². The van der Waals surface area contributed by atoms with E-state index in [9.17, 15) is 14.9 Å². The Hall–Kier alpha value is -4.20. The van der Waals surface area contributed by atoms with E-state index in [0.29, 0.717) is 5.75 Å². The van der Waals surface area contributed by atoms with Crippen molar-refractivity contribution in [3.8, 4) is 17.0 Å². The lowest BCUT2D eigenvalue weighted by atomic mass is 10.0. The molecule has 4 rings (SSSR count). The number of anilines is 1. The molecule has 33 heavy (non-hydrogen) atoms. The van der Waals surface area contributed by atoms with Crippen molar-refractivity contribution < 1.29 is 14.5 Å². The fraction of sp³-hybridized carbons (Fsp3) is 0.200. The fourth-order valence-electron chi connectivity index (χ4n) is 3.74. The Balaban J connectivity index is 1.74. The molecule has 0 bridgehead atoms. The summed E-state index contributed by atoms with van der Waals surface area (Å²) in [6.07, 6.45) is 1.93. The number of carbonyl (C=O) groups is 1. The summed E-state index contributed by atoms with van der Waals surface area (Å²) in [5, 5.41) is 13.9. The number of carbonyl (C=O) groups excluding carboxylic acids is 1. The molecular weight excluding hydrogens is 420 g/mol. The van der Waals surface area contributed by atoms with Gasteiger partial charge in [-0.3, -0.25) is 14.9 Å². The maximum Gasteiger partial charge on any atom is 0.271 e. The van der Waals surface area contributed by atoms with Gasteiger partial charge in [0, 0.05) is 23.9 Å². The average Bonchev–Trinajstić information content (AvgIpc) is 3.12. The molecule has 0 unspecified atom stereocenters. The number of fused-ring (bicyclic) bond motifs is 1. The fourth-order valence-corrected chi connectivity index (χ4v) is 3.74. The summed E-state index contributed by atoms with van der Waals surface area (Å²) >= 11 is 0. The van der Waals surface area contributed by atoms with Crippen LogP contribution in [0.2, 0.25) is 0 Å². The zero-order valence-corrected chi connectivity index (χ0v) is 18.9. The summed E-state index contributed by atoms with van der Waals surface area (Å²) < 4.78 is 7.17. The minimum Gasteiger partial charge on any atom is -0.495 e. The number of benzene rings is 2. The number of nitrogens with zero attached hydrogens (tertiary/aromatic N) is 3. The number of pyridine rings is 1. The zero-order valence-electron chi connectivity index (χ0n) is 18.9. The number of amides is 1. The third kappa shape index (κ3) is 4.41. The van der Waals surface area contributed by atoms with Crippen LogP contribution in [0.5, 0.6) is 5.75 Å². The quantitative estimate of drug-likeness (QED) is 0.332. The molecule has 8 nitrogen and oxygen atoms in total. The van der Waals surface area contributed by atoms with Crippen LogP contribution in [0.25, 0.3) is 16.9 Å². The van der Waals surface area contributed by atoms with Gasteiger partial charge in [0.1, 0.15) is 11.4 Å². The van der Waals surface area contributed by atoms with Crippen LogP contribution in [0.15, 0.2) is 54.7 Å². The smallest absolute Gasteiger partial charge is 0.271 e. The molecular formula is C25H24N4O4. The molecule has 0 saturated carbocycles. The normalized spacial score (nSPS) is 10.9. The first-order valence-corrected chi connectivity index (χ1v) is 10.4. The minimum atomic E-state index is -0.514. The summed E-state index contributed by atoms with van der Waals surface area (Å²) in [5.74, 6) is 0.0124. The van der Waals surface area contributed by atoms with Gasteiger partial charge < -0.3 is 14.5 Å². The van der Waals surface area contributed by atoms with Crippen LogP contribution in [0.3, 0.4) is 0 Å². The number of imidazole rings is 1. The standard InChI is InChI=1S/C25H24N4O4/c1-15-9-10-28-21(25(27-23(28)11-15)18-6-5-16(2)17(3)12-18)14-24(30)26-20-13-19(29(31)32)7-8-22(20)33-4/h5-13H,14H2,1-4H3,(H,26,30). The number of hydrogen-bond donors (Lipinski definition) is 1. The maximum absolute atomic E-state index is 13.1. The van der Waals surface area contributed by atoms with Crippen molar-refractivity contribution in [2.45, 2.75) is 27.2 Å². The molecule has 0 aliphatic heterocycles. The molecule has 0 spiro atoms. The van der Waals surface area contributed by atoms with Crippen LogP contribution in [-0.4, -0.2) is 27.3 Å². The Bertz CT molecular complexity index is 1390. The number of nitro groups is 1. The van der Waals surface area contributed by atoms with Gasteiger partial charge in [0.15, 0.2) is 0 Å². The molecule has 0 aliphatic carbocycles. The van der Waals surface area contributed by atoms with Crippen molar-refractivity contribution in [1.29, 1.82) is 0 Å². The van der Waals surface area contributed by atoms with E-state index in [2.05, 4.69) is 11.4 Å². The second kappa shape index (κ2) is 8.74. The van der Waals surface area contributed by atoms with Gasteiger partial charge in [-0.05, 0) is 61.7 Å². The lowest BCUT2D eigenvalue weighted by Gasteiger charge is -2.11. The Kier molecular flexibility index (Phi) is 5.83. The van der Waals surface area contributed by atoms with Crippen molar-refractivity contribution in [3.05, 3.63) is 87.2 Å². The molecule has 2 heterocycles. The summed E-state index contributed by atoms with van der Waals surface area (Å²) in [5.41, 5.74) is 6.62. The highest BCUT2D eigenvalue weighted by atomic mass is 16.6. The number of nitrogens with one attached hydrogen (secondary N) is 1. The van der Waals surface area contributed by atoms with Gasteiger partial charge in [0.05, 0.1) is 35.5 Å². The molecule has 1 amide bonds. The molecule has 1 N–H and O–H groups in total. The van der Waals surface area contributed by atoms with Gasteiger partial charge in [-0.25, -0.2) is 4.98 Å². The number of aromatic nitrogens is 2. The predicted molar refractivity (Wildman–Crippen MR) is 127 cm³/mol. The van der Waals surface area contributed by atoms with E-state index in [-0.39, 0.29) is 23.7 Å². The second-order valence-corrected chi connectivity index (χ2v) is 8.01. The van der Waals surface area contributed by atoms with E-state index in [0.717, 1.165) is 33.7 Å². The van der Waals surface area contributed by atoms with Gasteiger partial charge in [-0.1, -0.05) is 12.1 Å². The van der Waals surface area contributed by atoms with Crippen molar-refractivity contribution in [1.82, 2.24) is 9.38 Å². The van der Waals surface area contributed by atoms with E-state index >= 15 is 0 Å².